The lowest BCUT2D eigenvalue weighted by Crippen LogP contribution is -2.14. The van der Waals surface area contributed by atoms with Crippen LogP contribution in [0.5, 0.6) is 0 Å². The highest BCUT2D eigenvalue weighted by atomic mass is 19.1. The average Bonchev–Trinajstić information content (AvgIpc) is 2.84. The van der Waals surface area contributed by atoms with Crippen molar-refractivity contribution in [2.24, 2.45) is 0 Å². The molecule has 3 nitrogen and oxygen atoms in total. The van der Waals surface area contributed by atoms with Gasteiger partial charge in [-0.15, -0.1) is 0 Å². The molecule has 1 aromatic carbocycles. The van der Waals surface area contributed by atoms with E-state index in [1.165, 1.54) is 0 Å². The second-order valence-electron chi connectivity index (χ2n) is 4.39. The topological polar surface area (TPSA) is 40.7 Å². The number of rotatable bonds is 1. The number of aryl methyl sites for hydroxylation is 1. The van der Waals surface area contributed by atoms with Crippen molar-refractivity contribution in [2.75, 3.05) is 6.54 Å². The first-order valence-electron chi connectivity index (χ1n) is 5.57. The minimum atomic E-state index is -0.751. The minimum absolute atomic E-state index is 0.0294. The molecule has 2 N–H and O–H groups in total. The van der Waals surface area contributed by atoms with E-state index in [0.29, 0.717) is 13.0 Å². The first-order valence-corrected chi connectivity index (χ1v) is 5.57. The quantitative estimate of drug-likeness (QED) is 0.772. The van der Waals surface area contributed by atoms with Crippen molar-refractivity contribution in [1.29, 1.82) is 0 Å². The van der Waals surface area contributed by atoms with E-state index in [2.05, 4.69) is 15.3 Å². The molecule has 2 atom stereocenters. The number of hydrogen-bond donors (Lipinski definition) is 2. The van der Waals surface area contributed by atoms with Crippen LogP contribution in [-0.2, 0) is 0 Å². The fraction of sp³-hybridized carbons (Fsp3) is 0.417. The van der Waals surface area contributed by atoms with E-state index in [1.807, 2.05) is 25.1 Å². The molecule has 3 rings (SSSR count). The summed E-state index contributed by atoms with van der Waals surface area (Å²) in [6.07, 6.45) is -0.238. The number of benzene rings is 1. The second kappa shape index (κ2) is 3.56. The Morgan fingerprint density at radius 3 is 3.00 bits per heavy atom. The first-order chi connectivity index (χ1) is 7.74. The number of halogens is 1. The summed E-state index contributed by atoms with van der Waals surface area (Å²) < 4.78 is 13.1. The van der Waals surface area contributed by atoms with Crippen molar-refractivity contribution in [1.82, 2.24) is 15.3 Å². The predicted molar refractivity (Wildman–Crippen MR) is 61.1 cm³/mol. The minimum Gasteiger partial charge on any atom is -0.341 e. The van der Waals surface area contributed by atoms with Gasteiger partial charge in [-0.1, -0.05) is 12.1 Å². The second-order valence-corrected chi connectivity index (χ2v) is 4.39. The Morgan fingerprint density at radius 1 is 1.44 bits per heavy atom. The molecule has 1 aliphatic heterocycles. The van der Waals surface area contributed by atoms with Gasteiger partial charge in [0.25, 0.3) is 0 Å². The number of alkyl halides is 1. The average molecular weight is 219 g/mol. The molecule has 0 spiro atoms. The Hall–Kier alpha value is -1.42. The van der Waals surface area contributed by atoms with Gasteiger partial charge in [0, 0.05) is 13.0 Å². The van der Waals surface area contributed by atoms with Gasteiger partial charge in [0.1, 0.15) is 12.0 Å². The van der Waals surface area contributed by atoms with Crippen LogP contribution in [0, 0.1) is 6.92 Å². The zero-order chi connectivity index (χ0) is 11.1. The number of nitrogens with zero attached hydrogens (tertiary/aromatic N) is 1. The molecule has 2 heterocycles. The number of aromatic nitrogens is 2. The van der Waals surface area contributed by atoms with Crippen LogP contribution in [0.25, 0.3) is 11.0 Å². The van der Waals surface area contributed by atoms with E-state index >= 15 is 0 Å². The lowest BCUT2D eigenvalue weighted by atomic mass is 10.2. The van der Waals surface area contributed by atoms with Crippen molar-refractivity contribution < 1.29 is 4.39 Å². The fourth-order valence-corrected chi connectivity index (χ4v) is 2.26. The first kappa shape index (κ1) is 9.78. The van der Waals surface area contributed by atoms with Gasteiger partial charge in [-0.05, 0) is 18.6 Å². The Morgan fingerprint density at radius 2 is 2.31 bits per heavy atom. The van der Waals surface area contributed by atoms with Crippen LogP contribution >= 0.6 is 0 Å². The summed E-state index contributed by atoms with van der Waals surface area (Å²) in [5, 5.41) is 3.13. The highest BCUT2D eigenvalue weighted by Gasteiger charge is 2.27. The van der Waals surface area contributed by atoms with Gasteiger partial charge >= 0.3 is 0 Å². The molecular formula is C12H14FN3. The summed E-state index contributed by atoms with van der Waals surface area (Å²) in [5.41, 5.74) is 3.16. The van der Waals surface area contributed by atoms with Gasteiger partial charge in [-0.2, -0.15) is 0 Å². The number of para-hydroxylation sites is 1. The van der Waals surface area contributed by atoms with Crippen LogP contribution in [0.15, 0.2) is 18.2 Å². The Kier molecular flexibility index (Phi) is 2.17. The number of aromatic amines is 1. The number of hydrogen-bond acceptors (Lipinski definition) is 2. The molecule has 1 fully saturated rings. The SMILES string of the molecule is Cc1cccc2[nH]c([C@@H]3C[C@H](F)CN3)nc12. The third-order valence-corrected chi connectivity index (χ3v) is 3.14. The van der Waals surface area contributed by atoms with E-state index < -0.39 is 6.17 Å². The number of nitrogens with one attached hydrogen (secondary N) is 2. The van der Waals surface area contributed by atoms with Gasteiger partial charge in [0.05, 0.1) is 17.1 Å². The zero-order valence-corrected chi connectivity index (χ0v) is 9.13. The van der Waals surface area contributed by atoms with Gasteiger partial charge in [0.2, 0.25) is 0 Å². The van der Waals surface area contributed by atoms with Gasteiger partial charge < -0.3 is 10.3 Å². The smallest absolute Gasteiger partial charge is 0.124 e. The third-order valence-electron chi connectivity index (χ3n) is 3.14. The predicted octanol–water partition coefficient (Wildman–Crippen LogP) is 2.24. The molecule has 16 heavy (non-hydrogen) atoms. The Bertz CT molecular complexity index is 520. The molecule has 1 saturated heterocycles. The van der Waals surface area contributed by atoms with Gasteiger partial charge in [0.15, 0.2) is 0 Å². The lowest BCUT2D eigenvalue weighted by Gasteiger charge is -2.04. The molecule has 0 radical (unpaired) electrons. The monoisotopic (exact) mass is 219 g/mol. The standard InChI is InChI=1S/C12H14FN3/c1-7-3-2-4-9-11(7)16-12(15-9)10-5-8(13)6-14-10/h2-4,8,10,14H,5-6H2,1H3,(H,15,16)/t8-,10-/m0/s1. The van der Waals surface area contributed by atoms with Crippen LogP contribution in [-0.4, -0.2) is 22.7 Å². The fourth-order valence-electron chi connectivity index (χ4n) is 2.26. The van der Waals surface area contributed by atoms with Crippen LogP contribution in [0.3, 0.4) is 0 Å². The summed E-state index contributed by atoms with van der Waals surface area (Å²) >= 11 is 0. The van der Waals surface area contributed by atoms with Crippen LogP contribution in [0.1, 0.15) is 23.9 Å². The number of fused-ring (bicyclic) bond motifs is 1. The Labute approximate surface area is 93.1 Å². The number of H-pyrrole nitrogens is 1. The normalized spacial score (nSPS) is 25.4. The largest absolute Gasteiger partial charge is 0.341 e. The van der Waals surface area contributed by atoms with E-state index in [0.717, 1.165) is 22.4 Å². The van der Waals surface area contributed by atoms with Gasteiger partial charge in [-0.3, -0.25) is 0 Å². The molecular weight excluding hydrogens is 205 g/mol. The van der Waals surface area contributed by atoms with Crippen LogP contribution in [0.4, 0.5) is 4.39 Å². The molecule has 84 valence electrons. The lowest BCUT2D eigenvalue weighted by molar-refractivity contribution is 0.355. The van der Waals surface area contributed by atoms with Crippen molar-refractivity contribution in [3.05, 3.63) is 29.6 Å². The summed E-state index contributed by atoms with van der Waals surface area (Å²) in [6.45, 7) is 2.47. The molecule has 1 aliphatic rings. The third kappa shape index (κ3) is 1.50. The summed E-state index contributed by atoms with van der Waals surface area (Å²) in [7, 11) is 0. The molecule has 0 amide bonds. The summed E-state index contributed by atoms with van der Waals surface area (Å²) in [6, 6.07) is 6.06. The van der Waals surface area contributed by atoms with Crippen molar-refractivity contribution in [2.45, 2.75) is 25.6 Å². The summed E-state index contributed by atoms with van der Waals surface area (Å²) in [5.74, 6) is 0.851. The maximum absolute atomic E-state index is 13.1. The van der Waals surface area contributed by atoms with Gasteiger partial charge in [-0.25, -0.2) is 9.37 Å². The van der Waals surface area contributed by atoms with E-state index in [1.54, 1.807) is 0 Å². The molecule has 0 aliphatic carbocycles. The van der Waals surface area contributed by atoms with Crippen LogP contribution < -0.4 is 5.32 Å². The van der Waals surface area contributed by atoms with Crippen LogP contribution in [0.2, 0.25) is 0 Å². The number of imidazole rings is 1. The highest BCUT2D eigenvalue weighted by Crippen LogP contribution is 2.25. The van der Waals surface area contributed by atoms with E-state index in [9.17, 15) is 4.39 Å². The summed E-state index contributed by atoms with van der Waals surface area (Å²) in [4.78, 5) is 7.80. The van der Waals surface area contributed by atoms with Crippen molar-refractivity contribution in [3.8, 4) is 0 Å². The maximum Gasteiger partial charge on any atom is 0.124 e. The molecule has 4 heteroatoms. The Balaban J connectivity index is 2.02. The van der Waals surface area contributed by atoms with Crippen molar-refractivity contribution in [3.63, 3.8) is 0 Å². The zero-order valence-electron chi connectivity index (χ0n) is 9.13. The molecule has 0 bridgehead atoms. The molecule has 2 aromatic rings. The van der Waals surface area contributed by atoms with Crippen molar-refractivity contribution >= 4 is 11.0 Å². The highest BCUT2D eigenvalue weighted by molar-refractivity contribution is 5.78. The van der Waals surface area contributed by atoms with E-state index in [-0.39, 0.29) is 6.04 Å². The van der Waals surface area contributed by atoms with E-state index in [4.69, 9.17) is 0 Å². The molecule has 1 aromatic heterocycles. The molecule has 0 saturated carbocycles. The maximum atomic E-state index is 13.1. The molecule has 0 unspecified atom stereocenters.